The van der Waals surface area contributed by atoms with Gasteiger partial charge in [0.15, 0.2) is 5.78 Å². The molecule has 0 atom stereocenters. The van der Waals surface area contributed by atoms with Crippen molar-refractivity contribution in [2.75, 3.05) is 0 Å². The Balaban J connectivity index is 2.63. The highest BCUT2D eigenvalue weighted by Gasteiger charge is 2.18. The van der Waals surface area contributed by atoms with Gasteiger partial charge in [-0.25, -0.2) is 0 Å². The van der Waals surface area contributed by atoms with Gasteiger partial charge in [-0.15, -0.1) is 11.3 Å². The van der Waals surface area contributed by atoms with Crippen molar-refractivity contribution in [3.63, 3.8) is 0 Å². The fourth-order valence-corrected chi connectivity index (χ4v) is 1.42. The third-order valence-corrected chi connectivity index (χ3v) is 2.14. The van der Waals surface area contributed by atoms with Crippen molar-refractivity contribution in [1.82, 2.24) is 4.98 Å². The second kappa shape index (κ2) is 3.33. The molecule has 0 saturated carbocycles. The van der Waals surface area contributed by atoms with Crippen LogP contribution in [0.3, 0.4) is 0 Å². The van der Waals surface area contributed by atoms with E-state index in [-0.39, 0.29) is 5.78 Å². The Morgan fingerprint density at radius 1 is 1.75 bits per heavy atom. The Morgan fingerprint density at radius 3 is 2.83 bits per heavy atom. The molecule has 66 valence electrons. The van der Waals surface area contributed by atoms with E-state index in [9.17, 15) is 4.79 Å². The highest BCUT2D eigenvalue weighted by atomic mass is 32.1. The molecule has 3 nitrogen and oxygen atoms in total. The molecule has 0 aliphatic heterocycles. The first-order valence-electron chi connectivity index (χ1n) is 3.69. The van der Waals surface area contributed by atoms with Gasteiger partial charge in [0.1, 0.15) is 0 Å². The van der Waals surface area contributed by atoms with Crippen LogP contribution in [0.25, 0.3) is 0 Å². The van der Waals surface area contributed by atoms with Crippen molar-refractivity contribution in [3.05, 3.63) is 16.6 Å². The molecule has 1 aromatic rings. The summed E-state index contributed by atoms with van der Waals surface area (Å²) in [6, 6.07) is 0. The predicted molar refractivity (Wildman–Crippen MR) is 49.3 cm³/mol. The topological polar surface area (TPSA) is 56.0 Å². The van der Waals surface area contributed by atoms with Gasteiger partial charge < -0.3 is 5.73 Å². The first kappa shape index (κ1) is 9.35. The molecule has 0 fully saturated rings. The van der Waals surface area contributed by atoms with Crippen LogP contribution in [0.4, 0.5) is 0 Å². The summed E-state index contributed by atoms with van der Waals surface area (Å²) in [5.41, 5.74) is 6.93. The number of nitrogens with two attached hydrogens (primary N) is 1. The molecule has 0 aromatic carbocycles. The van der Waals surface area contributed by atoms with Gasteiger partial charge in [-0.05, 0) is 13.8 Å². The molecule has 2 N–H and O–H groups in total. The molecule has 12 heavy (non-hydrogen) atoms. The Morgan fingerprint density at radius 2 is 2.42 bits per heavy atom. The average Bonchev–Trinajstić information content (AvgIpc) is 2.32. The molecule has 0 spiro atoms. The fraction of sp³-hybridized carbons (Fsp3) is 0.500. The lowest BCUT2D eigenvalue weighted by atomic mass is 9.99. The van der Waals surface area contributed by atoms with Crippen LogP contribution in [0, 0.1) is 0 Å². The first-order chi connectivity index (χ1) is 5.49. The van der Waals surface area contributed by atoms with Crippen molar-refractivity contribution in [1.29, 1.82) is 0 Å². The molecular formula is C8H12N2OS. The van der Waals surface area contributed by atoms with E-state index >= 15 is 0 Å². The lowest BCUT2D eigenvalue weighted by molar-refractivity contribution is 0.0964. The number of carbonyl (C=O) groups excluding carboxylic acids is 1. The van der Waals surface area contributed by atoms with Crippen LogP contribution in [0.2, 0.25) is 0 Å². The third kappa shape index (κ3) is 2.71. The SMILES string of the molecule is CC(C)(N)CC(=O)c1cncs1. The quantitative estimate of drug-likeness (QED) is 0.723. The molecule has 4 heteroatoms. The molecule has 1 heterocycles. The zero-order valence-electron chi connectivity index (χ0n) is 7.20. The standard InChI is InChI=1S/C8H12N2OS/c1-8(2,9)3-6(11)7-4-10-5-12-7/h4-5H,3,9H2,1-2H3. The lowest BCUT2D eigenvalue weighted by Gasteiger charge is -2.15. The van der Waals surface area contributed by atoms with E-state index in [2.05, 4.69) is 4.98 Å². The minimum Gasteiger partial charge on any atom is -0.325 e. The van der Waals surface area contributed by atoms with E-state index in [1.54, 1.807) is 11.7 Å². The van der Waals surface area contributed by atoms with Crippen LogP contribution in [0.1, 0.15) is 29.9 Å². The van der Waals surface area contributed by atoms with Crippen molar-refractivity contribution in [2.24, 2.45) is 5.73 Å². The summed E-state index contributed by atoms with van der Waals surface area (Å²) in [7, 11) is 0. The number of ketones is 1. The van der Waals surface area contributed by atoms with Crippen molar-refractivity contribution in [3.8, 4) is 0 Å². The number of hydrogen-bond acceptors (Lipinski definition) is 4. The van der Waals surface area contributed by atoms with Crippen molar-refractivity contribution in [2.45, 2.75) is 25.8 Å². The zero-order chi connectivity index (χ0) is 9.19. The summed E-state index contributed by atoms with van der Waals surface area (Å²) in [6.07, 6.45) is 1.95. The lowest BCUT2D eigenvalue weighted by Crippen LogP contribution is -2.34. The molecule has 0 aliphatic rings. The number of Topliss-reactive ketones (excluding diaryl/α,β-unsaturated/α-hetero) is 1. The van der Waals surface area contributed by atoms with Gasteiger partial charge in [-0.2, -0.15) is 0 Å². The van der Waals surface area contributed by atoms with E-state index in [0.717, 1.165) is 0 Å². The van der Waals surface area contributed by atoms with Crippen LogP contribution in [0.15, 0.2) is 11.7 Å². The summed E-state index contributed by atoms with van der Waals surface area (Å²) >= 11 is 1.36. The first-order valence-corrected chi connectivity index (χ1v) is 4.57. The number of nitrogens with zero attached hydrogens (tertiary/aromatic N) is 1. The van der Waals surface area contributed by atoms with E-state index in [4.69, 9.17) is 5.73 Å². The molecule has 0 radical (unpaired) electrons. The van der Waals surface area contributed by atoms with Gasteiger partial charge >= 0.3 is 0 Å². The number of rotatable bonds is 3. The molecular weight excluding hydrogens is 172 g/mol. The molecule has 0 amide bonds. The maximum Gasteiger partial charge on any atom is 0.176 e. The molecule has 0 unspecified atom stereocenters. The smallest absolute Gasteiger partial charge is 0.176 e. The zero-order valence-corrected chi connectivity index (χ0v) is 8.02. The minimum absolute atomic E-state index is 0.0741. The van der Waals surface area contributed by atoms with Crippen LogP contribution >= 0.6 is 11.3 Å². The van der Waals surface area contributed by atoms with Gasteiger partial charge in [0.05, 0.1) is 10.4 Å². The van der Waals surface area contributed by atoms with Crippen LogP contribution in [0.5, 0.6) is 0 Å². The van der Waals surface area contributed by atoms with E-state index in [0.29, 0.717) is 11.3 Å². The van der Waals surface area contributed by atoms with Gasteiger partial charge in [-0.3, -0.25) is 9.78 Å². The molecule has 1 rings (SSSR count). The third-order valence-electron chi connectivity index (χ3n) is 1.32. The molecule has 0 bridgehead atoms. The predicted octanol–water partition coefficient (Wildman–Crippen LogP) is 1.45. The molecule has 1 aromatic heterocycles. The van der Waals surface area contributed by atoms with Gasteiger partial charge in [0.2, 0.25) is 0 Å². The Hall–Kier alpha value is -0.740. The number of thiazole rings is 1. The van der Waals surface area contributed by atoms with E-state index in [1.807, 2.05) is 13.8 Å². The van der Waals surface area contributed by atoms with Gasteiger partial charge in [0, 0.05) is 18.2 Å². The maximum atomic E-state index is 11.4. The van der Waals surface area contributed by atoms with Crippen molar-refractivity contribution >= 4 is 17.1 Å². The Labute approximate surface area is 75.6 Å². The number of hydrogen-bond donors (Lipinski definition) is 1. The summed E-state index contributed by atoms with van der Waals surface area (Å²) in [5.74, 6) is 0.0741. The van der Waals surface area contributed by atoms with E-state index < -0.39 is 5.54 Å². The van der Waals surface area contributed by atoms with Gasteiger partial charge in [0.25, 0.3) is 0 Å². The summed E-state index contributed by atoms with van der Waals surface area (Å²) in [5, 5.41) is 0. The van der Waals surface area contributed by atoms with Crippen LogP contribution in [-0.2, 0) is 0 Å². The minimum atomic E-state index is -0.429. The molecule has 0 saturated heterocycles. The second-order valence-corrected chi connectivity index (χ2v) is 4.34. The monoisotopic (exact) mass is 184 g/mol. The average molecular weight is 184 g/mol. The van der Waals surface area contributed by atoms with Gasteiger partial charge in [-0.1, -0.05) is 0 Å². The summed E-state index contributed by atoms with van der Waals surface area (Å²) < 4.78 is 0. The number of aromatic nitrogens is 1. The fourth-order valence-electron chi connectivity index (χ4n) is 0.854. The van der Waals surface area contributed by atoms with Crippen molar-refractivity contribution < 1.29 is 4.79 Å². The summed E-state index contributed by atoms with van der Waals surface area (Å²) in [4.78, 5) is 15.9. The Kier molecular flexibility index (Phi) is 2.59. The molecule has 0 aliphatic carbocycles. The van der Waals surface area contributed by atoms with Crippen LogP contribution in [-0.4, -0.2) is 16.3 Å². The van der Waals surface area contributed by atoms with E-state index in [1.165, 1.54) is 11.3 Å². The number of carbonyl (C=O) groups is 1. The maximum absolute atomic E-state index is 11.4. The second-order valence-electron chi connectivity index (χ2n) is 3.45. The normalized spacial score (nSPS) is 11.6. The highest BCUT2D eigenvalue weighted by molar-refractivity contribution is 7.11. The highest BCUT2D eigenvalue weighted by Crippen LogP contribution is 2.13. The van der Waals surface area contributed by atoms with Crippen LogP contribution < -0.4 is 5.73 Å². The summed E-state index contributed by atoms with van der Waals surface area (Å²) in [6.45, 7) is 3.68. The Bertz CT molecular complexity index is 261. The largest absolute Gasteiger partial charge is 0.325 e.